The van der Waals surface area contributed by atoms with Gasteiger partial charge in [-0.15, -0.1) is 0 Å². The van der Waals surface area contributed by atoms with Gasteiger partial charge < -0.3 is 9.80 Å². The molecule has 12 heteroatoms. The van der Waals surface area contributed by atoms with Crippen molar-refractivity contribution in [2.75, 3.05) is 36.0 Å². The average molecular weight is 465 g/mol. The van der Waals surface area contributed by atoms with Gasteiger partial charge in [0.05, 0.1) is 6.20 Å². The normalized spacial score (nSPS) is 17.9. The molecule has 174 valence electrons. The number of anilines is 2. The van der Waals surface area contributed by atoms with Crippen molar-refractivity contribution in [2.45, 2.75) is 25.6 Å². The monoisotopic (exact) mass is 465 g/mol. The molecule has 2 aliphatic rings. The Morgan fingerprint density at radius 3 is 2.61 bits per heavy atom. The predicted octanol–water partition coefficient (Wildman–Crippen LogP) is 3.86. The molecule has 5 rings (SSSR count). The first-order valence-corrected chi connectivity index (χ1v) is 10.3. The molecule has 0 saturated carbocycles. The molecule has 0 bridgehead atoms. The summed E-state index contributed by atoms with van der Waals surface area (Å²) < 4.78 is 66.0. The fourth-order valence-corrected chi connectivity index (χ4v) is 4.61. The maximum absolute atomic E-state index is 13.0. The molecule has 33 heavy (non-hydrogen) atoms. The molecule has 2 aliphatic heterocycles. The molecule has 5 heterocycles. The smallest absolute Gasteiger partial charge is 0.370 e. The summed E-state index contributed by atoms with van der Waals surface area (Å²) in [6, 6.07) is 2.65. The summed E-state index contributed by atoms with van der Waals surface area (Å²) in [5, 5.41) is 4.12. The van der Waals surface area contributed by atoms with Crippen molar-refractivity contribution >= 4 is 28.7 Å². The molecule has 2 saturated heterocycles. The number of nitrogens with zero attached hydrogens (tertiary/aromatic N) is 7. The maximum Gasteiger partial charge on any atom is 0.433 e. The first kappa shape index (κ1) is 21.5. The van der Waals surface area contributed by atoms with Gasteiger partial charge >= 0.3 is 6.18 Å². The highest BCUT2D eigenvalue weighted by Gasteiger charge is 2.48. The van der Waals surface area contributed by atoms with Gasteiger partial charge in [-0.1, -0.05) is 6.58 Å². The van der Waals surface area contributed by atoms with Crippen molar-refractivity contribution in [2.24, 2.45) is 5.41 Å². The van der Waals surface area contributed by atoms with Crippen LogP contribution in [0.5, 0.6) is 0 Å². The van der Waals surface area contributed by atoms with Crippen molar-refractivity contribution in [3.8, 4) is 0 Å². The largest absolute Gasteiger partial charge is 0.433 e. The zero-order chi connectivity index (χ0) is 23.4. The number of fused-ring (bicyclic) bond motifs is 1. The van der Waals surface area contributed by atoms with E-state index in [-0.39, 0.29) is 11.1 Å². The van der Waals surface area contributed by atoms with Crippen LogP contribution in [0.1, 0.15) is 17.8 Å². The number of rotatable bonds is 5. The average Bonchev–Trinajstić information content (AvgIpc) is 3.34. The van der Waals surface area contributed by atoms with Crippen LogP contribution >= 0.6 is 0 Å². The van der Waals surface area contributed by atoms with Crippen LogP contribution in [0.3, 0.4) is 0 Å². The van der Waals surface area contributed by atoms with E-state index in [1.165, 1.54) is 12.3 Å². The summed E-state index contributed by atoms with van der Waals surface area (Å²) in [6.45, 7) is 5.63. The van der Waals surface area contributed by atoms with Gasteiger partial charge in [-0.3, -0.25) is 4.98 Å². The third-order valence-electron chi connectivity index (χ3n) is 6.18. The van der Waals surface area contributed by atoms with Crippen LogP contribution in [-0.2, 0) is 12.7 Å². The SMILES string of the molecule is C=Cc1nn(CC(F)F)c2nc(N3CCC4(CN(c5ccnc(C(F)(F)F)c5)C4)C3)cnc12. The van der Waals surface area contributed by atoms with Crippen LogP contribution in [0.25, 0.3) is 17.2 Å². The zero-order valence-corrected chi connectivity index (χ0v) is 17.4. The summed E-state index contributed by atoms with van der Waals surface area (Å²) in [5.41, 5.74) is 0.597. The van der Waals surface area contributed by atoms with Crippen molar-refractivity contribution in [1.82, 2.24) is 24.7 Å². The third kappa shape index (κ3) is 3.87. The van der Waals surface area contributed by atoms with Gasteiger partial charge in [0.1, 0.15) is 29.3 Å². The minimum atomic E-state index is -4.48. The molecule has 0 aromatic carbocycles. The molecule has 1 spiro atoms. The Morgan fingerprint density at radius 1 is 1.15 bits per heavy atom. The highest BCUT2D eigenvalue weighted by atomic mass is 19.4. The molecule has 7 nitrogen and oxygen atoms in total. The Morgan fingerprint density at radius 2 is 1.91 bits per heavy atom. The number of halogens is 5. The van der Waals surface area contributed by atoms with E-state index in [4.69, 9.17) is 0 Å². The fraction of sp³-hybridized carbons (Fsp3) is 0.429. The van der Waals surface area contributed by atoms with E-state index < -0.39 is 24.8 Å². The summed E-state index contributed by atoms with van der Waals surface area (Å²) in [5.74, 6) is 0.562. The standard InChI is InChI=1S/C21H20F5N7/c1-2-14-18-19(33(30-14)9-16(22)23)29-17(8-28-18)31-6-4-20(10-31)11-32(12-20)13-3-5-27-15(7-13)21(24,25)26/h2-3,5,7-8,16H,1,4,6,9-12H2. The predicted molar refractivity (Wildman–Crippen MR) is 112 cm³/mol. The van der Waals surface area contributed by atoms with Crippen LogP contribution in [0.4, 0.5) is 33.5 Å². The molecule has 0 N–H and O–H groups in total. The van der Waals surface area contributed by atoms with E-state index in [2.05, 4.69) is 26.6 Å². The second-order valence-electron chi connectivity index (χ2n) is 8.49. The van der Waals surface area contributed by atoms with Crippen molar-refractivity contribution in [3.63, 3.8) is 0 Å². The summed E-state index contributed by atoms with van der Waals surface area (Å²) in [6.07, 6.45) is -2.00. The minimum absolute atomic E-state index is 0.0756. The third-order valence-corrected chi connectivity index (χ3v) is 6.18. The highest BCUT2D eigenvalue weighted by Crippen LogP contribution is 2.43. The first-order valence-electron chi connectivity index (χ1n) is 10.3. The van der Waals surface area contributed by atoms with Crippen molar-refractivity contribution in [1.29, 1.82) is 0 Å². The van der Waals surface area contributed by atoms with Gasteiger partial charge in [-0.2, -0.15) is 18.3 Å². The van der Waals surface area contributed by atoms with Crippen LogP contribution in [0.15, 0.2) is 31.1 Å². The maximum atomic E-state index is 13.0. The Balaban J connectivity index is 1.32. The molecule has 3 aromatic rings. The van der Waals surface area contributed by atoms with Crippen molar-refractivity contribution in [3.05, 3.63) is 42.5 Å². The number of hydrogen-bond acceptors (Lipinski definition) is 6. The van der Waals surface area contributed by atoms with Gasteiger partial charge in [0.2, 0.25) is 0 Å². The van der Waals surface area contributed by atoms with Gasteiger partial charge in [0.15, 0.2) is 5.65 Å². The van der Waals surface area contributed by atoms with E-state index in [1.807, 2.05) is 9.80 Å². The lowest BCUT2D eigenvalue weighted by Gasteiger charge is -2.49. The van der Waals surface area contributed by atoms with E-state index in [0.29, 0.717) is 48.9 Å². The van der Waals surface area contributed by atoms with E-state index in [1.54, 1.807) is 12.3 Å². The van der Waals surface area contributed by atoms with Gasteiger partial charge in [0.25, 0.3) is 6.43 Å². The Kier molecular flexibility index (Phi) is 4.98. The molecule has 0 atom stereocenters. The van der Waals surface area contributed by atoms with Crippen molar-refractivity contribution < 1.29 is 22.0 Å². The summed E-state index contributed by atoms with van der Waals surface area (Å²) >= 11 is 0. The Hall–Kier alpha value is -3.31. The molecule has 3 aromatic heterocycles. The lowest BCUT2D eigenvalue weighted by molar-refractivity contribution is -0.141. The molecule has 0 amide bonds. The molecule has 0 unspecified atom stereocenters. The van der Waals surface area contributed by atoms with E-state index in [9.17, 15) is 22.0 Å². The topological polar surface area (TPSA) is 63.0 Å². The summed E-state index contributed by atoms with van der Waals surface area (Å²) in [4.78, 5) is 16.3. The minimum Gasteiger partial charge on any atom is -0.370 e. The molecular formula is C21H20F5N7. The van der Waals surface area contributed by atoms with Gasteiger partial charge in [-0.05, 0) is 24.6 Å². The highest BCUT2D eigenvalue weighted by molar-refractivity contribution is 5.81. The van der Waals surface area contributed by atoms with E-state index in [0.717, 1.165) is 17.2 Å². The fourth-order valence-electron chi connectivity index (χ4n) is 4.61. The zero-order valence-electron chi connectivity index (χ0n) is 17.4. The molecular weight excluding hydrogens is 445 g/mol. The quantitative estimate of drug-likeness (QED) is 0.534. The number of aromatic nitrogens is 5. The molecule has 2 fully saturated rings. The van der Waals surface area contributed by atoms with E-state index >= 15 is 0 Å². The number of alkyl halides is 5. The van der Waals surface area contributed by atoms with Crippen LogP contribution < -0.4 is 9.80 Å². The lowest BCUT2D eigenvalue weighted by Crippen LogP contribution is -2.57. The van der Waals surface area contributed by atoms with Gasteiger partial charge in [-0.25, -0.2) is 23.4 Å². The van der Waals surface area contributed by atoms with Crippen LogP contribution in [0, 0.1) is 5.41 Å². The Labute approximate surface area is 185 Å². The lowest BCUT2D eigenvalue weighted by atomic mass is 9.79. The molecule has 0 aliphatic carbocycles. The van der Waals surface area contributed by atoms with Gasteiger partial charge in [0, 0.05) is 43.5 Å². The number of pyridine rings is 1. The Bertz CT molecular complexity index is 1200. The second kappa shape index (κ2) is 7.63. The van der Waals surface area contributed by atoms with Crippen LogP contribution in [0.2, 0.25) is 0 Å². The second-order valence-corrected chi connectivity index (χ2v) is 8.49. The first-order chi connectivity index (χ1) is 15.7. The van der Waals surface area contributed by atoms with Crippen LogP contribution in [-0.4, -0.2) is 57.3 Å². The summed E-state index contributed by atoms with van der Waals surface area (Å²) in [7, 11) is 0. The molecule has 0 radical (unpaired) electrons. The number of hydrogen-bond donors (Lipinski definition) is 0.